The number of rotatable bonds is 3. The molecule has 0 bridgehead atoms. The zero-order valence-corrected chi connectivity index (χ0v) is 19.4. The monoisotopic (exact) mass is 380 g/mol. The van der Waals surface area contributed by atoms with Crippen molar-refractivity contribution in [2.45, 2.75) is 91.3 Å². The highest BCUT2D eigenvalue weighted by Gasteiger charge is 2.49. The normalized spacial score (nSPS) is 27.8. The quantitative estimate of drug-likeness (QED) is 0.563. The first-order chi connectivity index (χ1) is 11.9. The fraction of sp³-hybridized carbons (Fsp3) is 0.739. The molecule has 3 atom stereocenters. The van der Waals surface area contributed by atoms with Crippen LogP contribution in [0.2, 0.25) is 0 Å². The van der Waals surface area contributed by atoms with Crippen LogP contribution >= 0.6 is 10.3 Å². The fourth-order valence-electron chi connectivity index (χ4n) is 3.59. The van der Waals surface area contributed by atoms with Crippen LogP contribution in [0.5, 0.6) is 0 Å². The highest BCUT2D eigenvalue weighted by molar-refractivity contribution is 8.29. The van der Waals surface area contributed by atoms with Crippen molar-refractivity contribution in [1.82, 2.24) is 0 Å². The van der Waals surface area contributed by atoms with Gasteiger partial charge in [0.2, 0.25) is 0 Å². The predicted molar refractivity (Wildman–Crippen MR) is 116 cm³/mol. The van der Waals surface area contributed by atoms with Gasteiger partial charge in [-0.3, -0.25) is 0 Å². The lowest BCUT2D eigenvalue weighted by Gasteiger charge is -2.51. The van der Waals surface area contributed by atoms with Gasteiger partial charge in [-0.25, -0.2) is 0 Å². The maximum Gasteiger partial charge on any atom is 0.0956 e. The van der Waals surface area contributed by atoms with E-state index in [2.05, 4.69) is 72.3 Å². The Bertz CT molecular complexity index is 628. The number of hydrogen-bond acceptors (Lipinski definition) is 2. The summed E-state index contributed by atoms with van der Waals surface area (Å²) in [4.78, 5) is 0. The van der Waals surface area contributed by atoms with E-state index in [1.54, 1.807) is 0 Å². The number of ether oxygens (including phenoxy) is 1. The Hall–Kier alpha value is -0.510. The van der Waals surface area contributed by atoms with Crippen molar-refractivity contribution in [2.75, 3.05) is 12.5 Å². The zero-order chi connectivity index (χ0) is 19.9. The third-order valence-electron chi connectivity index (χ3n) is 6.43. The first-order valence-electron chi connectivity index (χ1n) is 10.1. The third kappa shape index (κ3) is 3.72. The minimum Gasteiger partial charge on any atom is -0.369 e. The second-order valence-corrected chi connectivity index (χ2v) is 13.2. The van der Waals surface area contributed by atoms with Gasteiger partial charge in [0.25, 0.3) is 0 Å². The fourth-order valence-corrected chi connectivity index (χ4v) is 4.66. The molecule has 26 heavy (non-hydrogen) atoms. The van der Waals surface area contributed by atoms with Gasteiger partial charge in [0.15, 0.2) is 0 Å². The molecule has 0 saturated carbocycles. The largest absolute Gasteiger partial charge is 0.369 e. The molecular weight excluding hydrogens is 340 g/mol. The van der Waals surface area contributed by atoms with Crippen molar-refractivity contribution in [1.29, 1.82) is 0 Å². The van der Waals surface area contributed by atoms with Crippen LogP contribution in [0.3, 0.4) is 0 Å². The summed E-state index contributed by atoms with van der Waals surface area (Å²) in [6, 6.07) is 6.72. The molecule has 1 aromatic carbocycles. The van der Waals surface area contributed by atoms with E-state index < -0.39 is 10.3 Å². The second kappa shape index (κ2) is 7.48. The van der Waals surface area contributed by atoms with E-state index in [0.29, 0.717) is 6.10 Å². The van der Waals surface area contributed by atoms with Crippen molar-refractivity contribution in [3.8, 4) is 0 Å². The first-order valence-corrected chi connectivity index (χ1v) is 12.5. The number of benzene rings is 1. The van der Waals surface area contributed by atoms with Crippen LogP contribution in [0.1, 0.15) is 90.7 Å². The Kier molecular flexibility index (Phi) is 6.27. The Balaban J connectivity index is 0.00000117. The van der Waals surface area contributed by atoms with Crippen LogP contribution < -0.4 is 0 Å². The molecule has 1 saturated heterocycles. The lowest BCUT2D eigenvalue weighted by atomic mass is 9.72. The molecule has 2 nitrogen and oxygen atoms in total. The van der Waals surface area contributed by atoms with E-state index in [-0.39, 0.29) is 22.4 Å². The van der Waals surface area contributed by atoms with Gasteiger partial charge in [0.1, 0.15) is 0 Å². The summed E-state index contributed by atoms with van der Waals surface area (Å²) in [6.45, 7) is 17.7. The van der Waals surface area contributed by atoms with Gasteiger partial charge in [-0.1, -0.05) is 66.7 Å². The summed E-state index contributed by atoms with van der Waals surface area (Å²) >= 11 is 0. The van der Waals surface area contributed by atoms with Gasteiger partial charge in [-0.2, -0.15) is 0 Å². The van der Waals surface area contributed by atoms with Crippen LogP contribution in [-0.4, -0.2) is 23.4 Å². The first kappa shape index (κ1) is 21.8. The van der Waals surface area contributed by atoms with Crippen LogP contribution in [0.4, 0.5) is 0 Å². The minimum atomic E-state index is -1.11. The average Bonchev–Trinajstić information content (AvgIpc) is 2.96. The van der Waals surface area contributed by atoms with Gasteiger partial charge in [-0.05, 0) is 49.0 Å². The molecule has 3 heteroatoms. The molecule has 1 aliphatic carbocycles. The molecule has 2 unspecified atom stereocenters. The molecule has 1 aliphatic heterocycles. The maximum atomic E-state index is 6.69. The Morgan fingerprint density at radius 3 is 2.19 bits per heavy atom. The summed E-state index contributed by atoms with van der Waals surface area (Å²) in [5.41, 5.74) is 4.49. The summed E-state index contributed by atoms with van der Waals surface area (Å²) in [6.07, 6.45) is 7.61. The molecule has 0 aromatic heterocycles. The summed E-state index contributed by atoms with van der Waals surface area (Å²) in [5, 5.41) is 0. The van der Waals surface area contributed by atoms with E-state index in [1.807, 2.05) is 13.8 Å². The molecule has 150 valence electrons. The van der Waals surface area contributed by atoms with Gasteiger partial charge < -0.3 is 8.92 Å². The molecule has 1 fully saturated rings. The Morgan fingerprint density at radius 1 is 1.12 bits per heavy atom. The molecule has 0 spiro atoms. The highest BCUT2D eigenvalue weighted by atomic mass is 32.3. The van der Waals surface area contributed by atoms with Crippen LogP contribution in [0, 0.1) is 5.41 Å². The van der Waals surface area contributed by atoms with Crippen LogP contribution in [0.25, 0.3) is 0 Å². The van der Waals surface area contributed by atoms with E-state index in [9.17, 15) is 0 Å². The smallest absolute Gasteiger partial charge is 0.0956 e. The van der Waals surface area contributed by atoms with E-state index >= 15 is 0 Å². The Morgan fingerprint density at radius 2 is 1.69 bits per heavy atom. The van der Waals surface area contributed by atoms with Gasteiger partial charge in [0.05, 0.1) is 18.3 Å². The van der Waals surface area contributed by atoms with Crippen molar-refractivity contribution >= 4 is 10.3 Å². The minimum absolute atomic E-state index is 0.196. The SMILES string of the molecule is CC.CC1OC(c2cccc3c2CC[C@@H]3OS(C)(C)C(C)(C)C)C1(C)C. The standard InChI is InChI=1S/C21H34O2S.C2H6/c1-14-21(5,6)19(22-14)17-11-9-10-16-15(17)12-13-18(16)23-24(7,8)20(2,3)4;1-2/h9-11,14,18-19H,12-13H2,1-8H3;1-2H3/t14?,18-,19?;/m0./s1. The van der Waals surface area contributed by atoms with Crippen molar-refractivity contribution in [3.05, 3.63) is 34.9 Å². The summed E-state index contributed by atoms with van der Waals surface area (Å²) in [7, 11) is -1.11. The van der Waals surface area contributed by atoms with E-state index in [1.165, 1.54) is 16.7 Å². The highest BCUT2D eigenvalue weighted by Crippen LogP contribution is 2.59. The second-order valence-electron chi connectivity index (χ2n) is 9.36. The number of fused-ring (bicyclic) bond motifs is 1. The van der Waals surface area contributed by atoms with Gasteiger partial charge in [0, 0.05) is 10.2 Å². The molecule has 1 heterocycles. The molecular formula is C23H40O2S. The summed E-state index contributed by atoms with van der Waals surface area (Å²) in [5.74, 6) is 0. The molecule has 0 N–H and O–H groups in total. The van der Waals surface area contributed by atoms with Crippen molar-refractivity contribution in [3.63, 3.8) is 0 Å². The molecule has 0 radical (unpaired) electrons. The van der Waals surface area contributed by atoms with Crippen LogP contribution in [-0.2, 0) is 15.3 Å². The zero-order valence-electron chi connectivity index (χ0n) is 18.6. The maximum absolute atomic E-state index is 6.69. The van der Waals surface area contributed by atoms with Gasteiger partial charge >= 0.3 is 0 Å². The van der Waals surface area contributed by atoms with Crippen LogP contribution in [0.15, 0.2) is 18.2 Å². The lowest BCUT2D eigenvalue weighted by molar-refractivity contribution is -0.230. The lowest BCUT2D eigenvalue weighted by Crippen LogP contribution is -2.48. The van der Waals surface area contributed by atoms with Crippen molar-refractivity contribution in [2.24, 2.45) is 5.41 Å². The van der Waals surface area contributed by atoms with E-state index in [4.69, 9.17) is 8.92 Å². The number of hydrogen-bond donors (Lipinski definition) is 0. The van der Waals surface area contributed by atoms with Crippen molar-refractivity contribution < 1.29 is 8.92 Å². The summed E-state index contributed by atoms with van der Waals surface area (Å²) < 4.78 is 13.0. The molecule has 1 aromatic rings. The topological polar surface area (TPSA) is 18.5 Å². The molecule has 0 amide bonds. The van der Waals surface area contributed by atoms with E-state index in [0.717, 1.165) is 12.8 Å². The van der Waals surface area contributed by atoms with Gasteiger partial charge in [-0.15, -0.1) is 10.3 Å². The molecule has 3 rings (SSSR count). The predicted octanol–water partition coefficient (Wildman–Crippen LogP) is 6.98. The Labute approximate surface area is 163 Å². The third-order valence-corrected chi connectivity index (χ3v) is 10.1. The average molecular weight is 381 g/mol. The molecule has 2 aliphatic rings.